The molecule has 0 saturated carbocycles. The van der Waals surface area contributed by atoms with Gasteiger partial charge < -0.3 is 10.6 Å². The summed E-state index contributed by atoms with van der Waals surface area (Å²) in [6.07, 6.45) is 1.78. The van der Waals surface area contributed by atoms with Crippen LogP contribution >= 0.6 is 0 Å². The normalized spacial score (nSPS) is 19.5. The first-order valence-electron chi connectivity index (χ1n) is 7.56. The van der Waals surface area contributed by atoms with Gasteiger partial charge in [0.2, 0.25) is 15.9 Å². The Labute approximate surface area is 136 Å². The molecule has 0 spiro atoms. The van der Waals surface area contributed by atoms with Crippen LogP contribution in [0.25, 0.3) is 0 Å². The lowest BCUT2D eigenvalue weighted by Gasteiger charge is -2.32. The highest BCUT2D eigenvalue weighted by Crippen LogP contribution is 2.26. The summed E-state index contributed by atoms with van der Waals surface area (Å²) in [6.45, 7) is 2.89. The van der Waals surface area contributed by atoms with E-state index in [-0.39, 0.29) is 16.5 Å². The van der Waals surface area contributed by atoms with E-state index in [4.69, 9.17) is 0 Å². The van der Waals surface area contributed by atoms with Crippen LogP contribution in [-0.2, 0) is 14.8 Å². The van der Waals surface area contributed by atoms with Crippen molar-refractivity contribution < 1.29 is 17.6 Å². The van der Waals surface area contributed by atoms with Crippen LogP contribution < -0.4 is 10.6 Å². The van der Waals surface area contributed by atoms with E-state index in [2.05, 4.69) is 10.6 Å². The predicted octanol–water partition coefficient (Wildman–Crippen LogP) is 1.40. The molecule has 0 aromatic heterocycles. The van der Waals surface area contributed by atoms with Crippen LogP contribution in [0.3, 0.4) is 0 Å². The van der Waals surface area contributed by atoms with Crippen molar-refractivity contribution in [3.8, 4) is 0 Å². The quantitative estimate of drug-likeness (QED) is 0.847. The van der Waals surface area contributed by atoms with Gasteiger partial charge in [0.05, 0.1) is 10.6 Å². The van der Waals surface area contributed by atoms with E-state index in [1.807, 2.05) is 7.05 Å². The summed E-state index contributed by atoms with van der Waals surface area (Å²) < 4.78 is 40.6. The van der Waals surface area contributed by atoms with Gasteiger partial charge in [-0.25, -0.2) is 12.8 Å². The first-order valence-corrected chi connectivity index (χ1v) is 9.00. The Hall–Kier alpha value is -1.51. The van der Waals surface area contributed by atoms with Crippen LogP contribution in [0.15, 0.2) is 23.1 Å². The minimum atomic E-state index is -3.70. The smallest absolute Gasteiger partial charge is 0.243 e. The summed E-state index contributed by atoms with van der Waals surface area (Å²) >= 11 is 0. The van der Waals surface area contributed by atoms with Crippen molar-refractivity contribution in [1.82, 2.24) is 9.62 Å². The maximum atomic E-state index is 13.7. The molecule has 8 heteroatoms. The molecule has 1 aliphatic heterocycles. The molecular weight excluding hydrogens is 321 g/mol. The number of anilines is 1. The highest BCUT2D eigenvalue weighted by atomic mass is 32.2. The van der Waals surface area contributed by atoms with E-state index < -0.39 is 21.7 Å². The van der Waals surface area contributed by atoms with Gasteiger partial charge in [-0.1, -0.05) is 0 Å². The topological polar surface area (TPSA) is 78.5 Å². The Morgan fingerprint density at radius 3 is 2.83 bits per heavy atom. The van der Waals surface area contributed by atoms with Crippen molar-refractivity contribution in [2.75, 3.05) is 32.0 Å². The molecule has 6 nitrogen and oxygen atoms in total. The molecule has 128 valence electrons. The number of hydrogen-bond acceptors (Lipinski definition) is 4. The second-order valence-electron chi connectivity index (χ2n) is 5.75. The standard InChI is InChI=1S/C15H22FN3O3S/c1-11(20)18-15-8-13(5-6-14(15)16)23(21,22)19-7-3-4-12(10-19)9-17-2/h5-6,8,12,17H,3-4,7,9-10H2,1-2H3,(H,18,20). The zero-order valence-corrected chi connectivity index (χ0v) is 14.1. The Morgan fingerprint density at radius 1 is 1.43 bits per heavy atom. The fourth-order valence-corrected chi connectivity index (χ4v) is 4.38. The molecule has 1 aromatic carbocycles. The predicted molar refractivity (Wildman–Crippen MR) is 86.1 cm³/mol. The molecule has 2 N–H and O–H groups in total. The van der Waals surface area contributed by atoms with E-state index in [0.717, 1.165) is 25.5 Å². The monoisotopic (exact) mass is 343 g/mol. The molecule has 1 heterocycles. The zero-order valence-electron chi connectivity index (χ0n) is 13.3. The number of halogens is 1. The lowest BCUT2D eigenvalue weighted by atomic mass is 10.00. The van der Waals surface area contributed by atoms with Crippen molar-refractivity contribution >= 4 is 21.6 Å². The summed E-state index contributed by atoms with van der Waals surface area (Å²) in [7, 11) is -1.86. The number of benzene rings is 1. The van der Waals surface area contributed by atoms with Gasteiger partial charge in [-0.3, -0.25) is 4.79 Å². The fourth-order valence-electron chi connectivity index (χ4n) is 2.80. The van der Waals surface area contributed by atoms with Gasteiger partial charge in [-0.2, -0.15) is 4.31 Å². The Balaban J connectivity index is 2.26. The van der Waals surface area contributed by atoms with Crippen molar-refractivity contribution in [3.05, 3.63) is 24.0 Å². The van der Waals surface area contributed by atoms with Gasteiger partial charge in [0.1, 0.15) is 5.82 Å². The molecule has 0 aliphatic carbocycles. The average molecular weight is 343 g/mol. The molecule has 1 fully saturated rings. The zero-order chi connectivity index (χ0) is 17.0. The van der Waals surface area contributed by atoms with Crippen LogP contribution in [0.1, 0.15) is 19.8 Å². The van der Waals surface area contributed by atoms with Crippen molar-refractivity contribution in [3.63, 3.8) is 0 Å². The van der Waals surface area contributed by atoms with Crippen LogP contribution in [0.4, 0.5) is 10.1 Å². The molecule has 0 radical (unpaired) electrons. The first-order chi connectivity index (χ1) is 10.8. The van der Waals surface area contributed by atoms with Crippen molar-refractivity contribution in [2.24, 2.45) is 5.92 Å². The number of carbonyl (C=O) groups excluding carboxylic acids is 1. The highest BCUT2D eigenvalue weighted by Gasteiger charge is 2.30. The average Bonchev–Trinajstić information content (AvgIpc) is 2.49. The first kappa shape index (κ1) is 17.8. The lowest BCUT2D eigenvalue weighted by molar-refractivity contribution is -0.114. The molecule has 1 amide bonds. The molecule has 1 atom stereocenters. The summed E-state index contributed by atoms with van der Waals surface area (Å²) in [5.41, 5.74) is -0.123. The second-order valence-corrected chi connectivity index (χ2v) is 7.69. The third kappa shape index (κ3) is 4.27. The van der Waals surface area contributed by atoms with E-state index >= 15 is 0 Å². The van der Waals surface area contributed by atoms with Crippen molar-refractivity contribution in [2.45, 2.75) is 24.7 Å². The third-order valence-corrected chi connectivity index (χ3v) is 5.72. The van der Waals surface area contributed by atoms with Gasteiger partial charge in [0, 0.05) is 20.0 Å². The SMILES string of the molecule is CNCC1CCCN(S(=O)(=O)c2ccc(F)c(NC(C)=O)c2)C1. The molecule has 1 aliphatic rings. The highest BCUT2D eigenvalue weighted by molar-refractivity contribution is 7.89. The number of nitrogens with zero attached hydrogens (tertiary/aromatic N) is 1. The number of rotatable bonds is 5. The van der Waals surface area contributed by atoms with Crippen LogP contribution in [0.5, 0.6) is 0 Å². The molecule has 2 rings (SSSR count). The van der Waals surface area contributed by atoms with Gasteiger partial charge >= 0.3 is 0 Å². The second kappa shape index (κ2) is 7.37. The van der Waals surface area contributed by atoms with E-state index in [0.29, 0.717) is 13.1 Å². The number of carbonyl (C=O) groups is 1. The number of amides is 1. The van der Waals surface area contributed by atoms with Gasteiger partial charge in [0.25, 0.3) is 0 Å². The minimum absolute atomic E-state index is 0.00671. The van der Waals surface area contributed by atoms with Crippen LogP contribution in [0, 0.1) is 11.7 Å². The lowest BCUT2D eigenvalue weighted by Crippen LogP contribution is -2.42. The number of piperidine rings is 1. The molecular formula is C15H22FN3O3S. The third-order valence-electron chi connectivity index (χ3n) is 3.86. The summed E-state index contributed by atoms with van der Waals surface area (Å²) in [5.74, 6) is -0.852. The van der Waals surface area contributed by atoms with E-state index in [1.54, 1.807) is 0 Å². The molecule has 1 aromatic rings. The minimum Gasteiger partial charge on any atom is -0.324 e. The van der Waals surface area contributed by atoms with Crippen LogP contribution in [-0.4, -0.2) is 45.3 Å². The van der Waals surface area contributed by atoms with Gasteiger partial charge in [0.15, 0.2) is 0 Å². The maximum Gasteiger partial charge on any atom is 0.243 e. The number of sulfonamides is 1. The Morgan fingerprint density at radius 2 is 2.17 bits per heavy atom. The van der Waals surface area contributed by atoms with Crippen molar-refractivity contribution in [1.29, 1.82) is 0 Å². The molecule has 1 unspecified atom stereocenters. The Kier molecular flexibility index (Phi) is 5.72. The molecule has 1 saturated heterocycles. The van der Waals surface area contributed by atoms with Gasteiger partial charge in [-0.05, 0) is 50.6 Å². The van der Waals surface area contributed by atoms with E-state index in [1.165, 1.54) is 23.4 Å². The largest absolute Gasteiger partial charge is 0.324 e. The molecule has 0 bridgehead atoms. The maximum absolute atomic E-state index is 13.7. The van der Waals surface area contributed by atoms with Gasteiger partial charge in [-0.15, -0.1) is 0 Å². The summed E-state index contributed by atoms with van der Waals surface area (Å²) in [4.78, 5) is 11.1. The Bertz CT molecular complexity index is 677. The number of hydrogen-bond donors (Lipinski definition) is 2. The summed E-state index contributed by atoms with van der Waals surface area (Å²) in [6, 6.07) is 3.47. The van der Waals surface area contributed by atoms with Crippen LogP contribution in [0.2, 0.25) is 0 Å². The van der Waals surface area contributed by atoms with E-state index in [9.17, 15) is 17.6 Å². The fraction of sp³-hybridized carbons (Fsp3) is 0.533. The molecule has 23 heavy (non-hydrogen) atoms. The summed E-state index contributed by atoms with van der Waals surface area (Å²) in [5, 5.41) is 5.38. The number of nitrogens with one attached hydrogen (secondary N) is 2.